The van der Waals surface area contributed by atoms with Crippen molar-refractivity contribution in [1.82, 2.24) is 0 Å². The van der Waals surface area contributed by atoms with Gasteiger partial charge in [-0.2, -0.15) is 0 Å². The Labute approximate surface area is 153 Å². The van der Waals surface area contributed by atoms with Crippen molar-refractivity contribution >= 4 is 39.8 Å². The van der Waals surface area contributed by atoms with Crippen LogP contribution in [0.5, 0.6) is 5.75 Å². The van der Waals surface area contributed by atoms with Gasteiger partial charge in [-0.1, -0.05) is 33.1 Å². The second kappa shape index (κ2) is 9.89. The van der Waals surface area contributed by atoms with Crippen LogP contribution in [-0.2, 0) is 11.3 Å². The number of nitrogens with zero attached hydrogens (tertiary/aromatic N) is 1. The van der Waals surface area contributed by atoms with Gasteiger partial charge in [0.1, 0.15) is 5.75 Å². The fourth-order valence-electron chi connectivity index (χ4n) is 2.75. The molecule has 0 bridgehead atoms. The molecule has 0 aliphatic rings. The van der Waals surface area contributed by atoms with E-state index in [-0.39, 0.29) is 19.5 Å². The van der Waals surface area contributed by atoms with E-state index in [1.165, 1.54) is 0 Å². The number of phenols is 1. The lowest BCUT2D eigenvalue weighted by atomic mass is 10.1. The number of aryl methyl sites for hydroxylation is 1. The van der Waals surface area contributed by atoms with Crippen LogP contribution in [0.25, 0.3) is 0 Å². The average molecular weight is 401 g/mol. The Morgan fingerprint density at radius 1 is 1.40 bits per heavy atom. The van der Waals surface area contributed by atoms with Gasteiger partial charge in [0.2, 0.25) is 0 Å². The number of rotatable bonds is 9. The summed E-state index contributed by atoms with van der Waals surface area (Å²) in [4.78, 5) is 11.0. The third kappa shape index (κ3) is 5.66. The van der Waals surface area contributed by atoms with Gasteiger partial charge in [-0.25, -0.2) is 0 Å². The summed E-state index contributed by atoms with van der Waals surface area (Å²) in [6, 6.07) is 3.53. The summed E-state index contributed by atoms with van der Waals surface area (Å²) in [7, 11) is 1.74. The molecule has 0 aliphatic carbocycles. The molecule has 140 valence electrons. The fraction of sp³-hybridized carbons (Fsp3) is 0.500. The van der Waals surface area contributed by atoms with Crippen LogP contribution in [0, 0.1) is 6.92 Å². The number of aldehydes is 1. The molecule has 4 nitrogen and oxygen atoms in total. The standard InChI is InChI=1S/C18H30NO3P3/c1-14-10-16(12-20)18(21)17(11-14)13-22-15(2)8-9-25(19-3,23(4)5)24(6)7/h10-12,15,21H,4-5,8-9,13H2,1-3,6-7H3. The molecule has 1 aromatic rings. The van der Waals surface area contributed by atoms with Crippen molar-refractivity contribution in [3.05, 3.63) is 28.8 Å². The first-order valence-corrected chi connectivity index (χ1v) is 15.4. The minimum Gasteiger partial charge on any atom is -0.507 e. The molecule has 0 radical (unpaired) electrons. The van der Waals surface area contributed by atoms with Gasteiger partial charge < -0.3 is 9.84 Å². The molecule has 1 aromatic carbocycles. The SMILES string of the molecule is C=P(=C)P(CCC(C)OCc1cc(C)cc(C=O)c1O)(=NC)P(C)C. The molecular formula is C18H30NO3P3. The van der Waals surface area contributed by atoms with E-state index >= 15 is 0 Å². The van der Waals surface area contributed by atoms with Gasteiger partial charge in [0, 0.05) is 19.0 Å². The number of aromatic hydroxyl groups is 1. The van der Waals surface area contributed by atoms with Crippen LogP contribution < -0.4 is 0 Å². The second-order valence-corrected chi connectivity index (χ2v) is 20.3. The molecule has 0 saturated heterocycles. The lowest BCUT2D eigenvalue weighted by Gasteiger charge is -2.28. The van der Waals surface area contributed by atoms with Crippen molar-refractivity contribution in [2.45, 2.75) is 33.0 Å². The van der Waals surface area contributed by atoms with Gasteiger partial charge in [0.05, 0.1) is 18.3 Å². The third-order valence-electron chi connectivity index (χ3n) is 4.26. The minimum absolute atomic E-state index is 0.0166. The smallest absolute Gasteiger partial charge is 0.153 e. The van der Waals surface area contributed by atoms with Gasteiger partial charge in [-0.15, -0.1) is 0 Å². The maximum Gasteiger partial charge on any atom is 0.153 e. The van der Waals surface area contributed by atoms with Gasteiger partial charge in [-0.05, 0) is 51.4 Å². The van der Waals surface area contributed by atoms with Crippen molar-refractivity contribution in [3.63, 3.8) is 0 Å². The van der Waals surface area contributed by atoms with E-state index in [4.69, 9.17) is 9.48 Å². The van der Waals surface area contributed by atoms with E-state index in [9.17, 15) is 9.90 Å². The van der Waals surface area contributed by atoms with Gasteiger partial charge in [0.15, 0.2) is 6.29 Å². The fourth-order valence-corrected chi connectivity index (χ4v) is 16.1. The monoisotopic (exact) mass is 401 g/mol. The zero-order chi connectivity index (χ0) is 19.2. The first-order valence-electron chi connectivity index (χ1n) is 8.16. The summed E-state index contributed by atoms with van der Waals surface area (Å²) < 4.78 is 10.7. The van der Waals surface area contributed by atoms with Crippen LogP contribution in [0.4, 0.5) is 0 Å². The average Bonchev–Trinajstić information content (AvgIpc) is 2.55. The van der Waals surface area contributed by atoms with Gasteiger partial charge >= 0.3 is 0 Å². The molecule has 0 aliphatic heterocycles. The van der Waals surface area contributed by atoms with Crippen LogP contribution in [0.3, 0.4) is 0 Å². The molecule has 0 amide bonds. The van der Waals surface area contributed by atoms with Crippen molar-refractivity contribution in [1.29, 1.82) is 0 Å². The Bertz CT molecular complexity index is 731. The highest BCUT2D eigenvalue weighted by molar-refractivity contribution is 8.62. The summed E-state index contributed by atoms with van der Waals surface area (Å²) in [5.74, 6) is 0.0166. The lowest BCUT2D eigenvalue weighted by molar-refractivity contribution is 0.0503. The predicted molar refractivity (Wildman–Crippen MR) is 117 cm³/mol. The Hall–Kier alpha value is -0.650. The van der Waals surface area contributed by atoms with Crippen LogP contribution in [0.15, 0.2) is 16.9 Å². The number of hydrogen-bond donors (Lipinski definition) is 1. The molecule has 0 heterocycles. The summed E-state index contributed by atoms with van der Waals surface area (Å²) in [5, 5.41) is 10.1. The number of carbonyl (C=O) groups excluding carboxylic acids is 1. The number of hydrogen-bond acceptors (Lipinski definition) is 4. The molecule has 25 heavy (non-hydrogen) atoms. The summed E-state index contributed by atoms with van der Waals surface area (Å²) in [5.41, 5.74) is 1.89. The number of ether oxygens (including phenoxy) is 1. The molecule has 1 N–H and O–H groups in total. The predicted octanol–water partition coefficient (Wildman–Crippen LogP) is 5.56. The largest absolute Gasteiger partial charge is 0.507 e. The Morgan fingerprint density at radius 3 is 2.52 bits per heavy atom. The Morgan fingerprint density at radius 2 is 2.04 bits per heavy atom. The molecule has 0 saturated carbocycles. The molecular weight excluding hydrogens is 371 g/mol. The highest BCUT2D eigenvalue weighted by atomic mass is 32.5. The van der Waals surface area contributed by atoms with Crippen LogP contribution >= 0.6 is 20.9 Å². The molecule has 1 rings (SSSR count). The third-order valence-corrected chi connectivity index (χ3v) is 22.3. The van der Waals surface area contributed by atoms with Crippen molar-refractivity contribution < 1.29 is 14.6 Å². The first-order chi connectivity index (χ1) is 11.7. The quantitative estimate of drug-likeness (QED) is 0.436. The molecule has 7 heteroatoms. The molecule has 2 unspecified atom stereocenters. The Balaban J connectivity index is 2.78. The van der Waals surface area contributed by atoms with E-state index < -0.39 is 13.3 Å². The highest BCUT2D eigenvalue weighted by Gasteiger charge is 2.22. The summed E-state index contributed by atoms with van der Waals surface area (Å²) in [6.07, 6.45) is 9.66. The maximum atomic E-state index is 11.0. The van der Waals surface area contributed by atoms with Crippen LogP contribution in [0.1, 0.15) is 34.8 Å². The van der Waals surface area contributed by atoms with Gasteiger partial charge in [-0.3, -0.25) is 9.54 Å². The van der Waals surface area contributed by atoms with E-state index in [2.05, 4.69) is 25.9 Å². The topological polar surface area (TPSA) is 58.9 Å². The number of benzene rings is 1. The molecule has 0 aromatic heterocycles. The van der Waals surface area contributed by atoms with E-state index in [0.717, 1.165) is 18.1 Å². The van der Waals surface area contributed by atoms with E-state index in [1.807, 2.05) is 27.0 Å². The Kier molecular flexibility index (Phi) is 8.85. The van der Waals surface area contributed by atoms with Gasteiger partial charge in [0.25, 0.3) is 0 Å². The molecule has 2 atom stereocenters. The summed E-state index contributed by atoms with van der Waals surface area (Å²) in [6.45, 7) is 8.24. The van der Waals surface area contributed by atoms with Crippen LogP contribution in [-0.4, -0.2) is 56.6 Å². The van der Waals surface area contributed by atoms with Crippen molar-refractivity contribution in [2.24, 2.45) is 4.74 Å². The molecule has 0 fully saturated rings. The lowest BCUT2D eigenvalue weighted by Crippen LogP contribution is -2.10. The van der Waals surface area contributed by atoms with Crippen molar-refractivity contribution in [3.8, 4) is 5.75 Å². The summed E-state index contributed by atoms with van der Waals surface area (Å²) >= 11 is 0. The van der Waals surface area contributed by atoms with E-state index in [1.54, 1.807) is 6.07 Å². The van der Waals surface area contributed by atoms with Crippen molar-refractivity contribution in [2.75, 3.05) is 26.5 Å². The normalized spacial score (nSPS) is 14.8. The highest BCUT2D eigenvalue weighted by Crippen LogP contribution is 2.84. The van der Waals surface area contributed by atoms with E-state index in [0.29, 0.717) is 24.0 Å². The number of phenolic OH excluding ortho intramolecular Hbond substituents is 1. The van der Waals surface area contributed by atoms with Crippen LogP contribution in [0.2, 0.25) is 0 Å². The second-order valence-electron chi connectivity index (χ2n) is 6.36. The number of carbonyl (C=O) groups is 1. The molecule has 0 spiro atoms. The first kappa shape index (κ1) is 22.4. The minimum atomic E-state index is -1.44. The maximum absolute atomic E-state index is 11.0. The zero-order valence-corrected chi connectivity index (χ0v) is 18.6. The zero-order valence-electron chi connectivity index (χ0n) is 15.9.